The molecule has 0 bridgehead atoms. The Morgan fingerprint density at radius 2 is 1.90 bits per heavy atom. The number of hydrogen-bond donors (Lipinski definition) is 1. The van der Waals surface area contributed by atoms with E-state index in [1.54, 1.807) is 7.11 Å². The molecule has 1 fully saturated rings. The molecule has 1 aliphatic heterocycles. The van der Waals surface area contributed by atoms with Gasteiger partial charge in [-0.1, -0.05) is 13.8 Å². The van der Waals surface area contributed by atoms with Gasteiger partial charge in [-0.25, -0.2) is 0 Å². The molecule has 1 heterocycles. The lowest BCUT2D eigenvalue weighted by atomic mass is 10.0. The molecule has 0 aromatic rings. The smallest absolute Gasteiger partial charge is 0.0634 e. The van der Waals surface area contributed by atoms with Crippen LogP contribution >= 0.6 is 0 Å². The fraction of sp³-hybridized carbons (Fsp3) is 1.00. The molecule has 0 aromatic carbocycles. The number of morpholine rings is 1. The maximum atomic E-state index is 5.46. The first-order chi connectivity index (χ1) is 9.44. The number of nitrogens with zero attached hydrogens (tertiary/aromatic N) is 1. The Morgan fingerprint density at radius 1 is 1.25 bits per heavy atom. The molecule has 1 rings (SSSR count). The molecule has 0 aliphatic carbocycles. The molecule has 120 valence electrons. The lowest BCUT2D eigenvalue weighted by molar-refractivity contribution is 0.00813. The van der Waals surface area contributed by atoms with Crippen LogP contribution in [0.2, 0.25) is 0 Å². The zero-order valence-electron chi connectivity index (χ0n) is 14.1. The van der Waals surface area contributed by atoms with Crippen LogP contribution in [0.25, 0.3) is 0 Å². The number of ether oxygens (including phenoxy) is 2. The highest BCUT2D eigenvalue weighted by Gasteiger charge is 2.22. The quantitative estimate of drug-likeness (QED) is 0.659. The summed E-state index contributed by atoms with van der Waals surface area (Å²) in [6.45, 7) is 14.9. The summed E-state index contributed by atoms with van der Waals surface area (Å²) in [5, 5.41) is 3.62. The van der Waals surface area contributed by atoms with Gasteiger partial charge in [0.05, 0.1) is 18.8 Å². The molecule has 4 nitrogen and oxygen atoms in total. The lowest BCUT2D eigenvalue weighted by Gasteiger charge is -2.36. The van der Waals surface area contributed by atoms with Gasteiger partial charge < -0.3 is 14.8 Å². The van der Waals surface area contributed by atoms with E-state index in [0.717, 1.165) is 51.7 Å². The molecule has 1 saturated heterocycles. The van der Waals surface area contributed by atoms with Gasteiger partial charge in [-0.05, 0) is 39.2 Å². The predicted octanol–water partition coefficient (Wildman–Crippen LogP) is 2.14. The van der Waals surface area contributed by atoms with Crippen LogP contribution in [0.3, 0.4) is 0 Å². The van der Waals surface area contributed by atoms with Gasteiger partial charge >= 0.3 is 0 Å². The van der Waals surface area contributed by atoms with E-state index < -0.39 is 0 Å². The zero-order chi connectivity index (χ0) is 15.0. The minimum absolute atomic E-state index is 0.0283. The van der Waals surface area contributed by atoms with Crippen molar-refractivity contribution in [1.29, 1.82) is 0 Å². The Bertz CT molecular complexity index is 251. The molecule has 0 aromatic heterocycles. The van der Waals surface area contributed by atoms with Crippen molar-refractivity contribution >= 4 is 0 Å². The minimum atomic E-state index is -0.0283. The summed E-state index contributed by atoms with van der Waals surface area (Å²) < 4.78 is 10.9. The first kappa shape index (κ1) is 17.9. The second kappa shape index (κ2) is 8.98. The van der Waals surface area contributed by atoms with Gasteiger partial charge in [0.25, 0.3) is 0 Å². The SMILES string of the molecule is COC(C)(C)CCNCC(CC(C)C)N1CCOCC1. The van der Waals surface area contributed by atoms with Crippen LogP contribution in [-0.4, -0.2) is 63.0 Å². The first-order valence-electron chi connectivity index (χ1n) is 8.02. The monoisotopic (exact) mass is 286 g/mol. The summed E-state index contributed by atoms with van der Waals surface area (Å²) in [7, 11) is 1.79. The van der Waals surface area contributed by atoms with Crippen LogP contribution in [0.4, 0.5) is 0 Å². The van der Waals surface area contributed by atoms with E-state index in [0.29, 0.717) is 6.04 Å². The van der Waals surface area contributed by atoms with Gasteiger partial charge in [0.2, 0.25) is 0 Å². The Labute approximate surface area is 125 Å². The molecule has 0 radical (unpaired) electrons. The van der Waals surface area contributed by atoms with Crippen molar-refractivity contribution in [2.75, 3.05) is 46.5 Å². The third kappa shape index (κ3) is 7.02. The lowest BCUT2D eigenvalue weighted by Crippen LogP contribution is -2.48. The molecule has 0 amide bonds. The van der Waals surface area contributed by atoms with Crippen molar-refractivity contribution in [2.45, 2.75) is 52.2 Å². The Kier molecular flexibility index (Phi) is 8.03. The van der Waals surface area contributed by atoms with E-state index in [1.807, 2.05) is 0 Å². The molecule has 1 N–H and O–H groups in total. The fourth-order valence-electron chi connectivity index (χ4n) is 2.61. The summed E-state index contributed by atoms with van der Waals surface area (Å²) in [6, 6.07) is 0.629. The maximum Gasteiger partial charge on any atom is 0.0634 e. The molecule has 0 saturated carbocycles. The average Bonchev–Trinajstić information content (AvgIpc) is 2.43. The van der Waals surface area contributed by atoms with E-state index in [1.165, 1.54) is 6.42 Å². The zero-order valence-corrected chi connectivity index (χ0v) is 14.1. The van der Waals surface area contributed by atoms with Crippen LogP contribution in [0.15, 0.2) is 0 Å². The van der Waals surface area contributed by atoms with E-state index in [4.69, 9.17) is 9.47 Å². The first-order valence-corrected chi connectivity index (χ1v) is 8.02. The molecule has 4 heteroatoms. The predicted molar refractivity (Wildman–Crippen MR) is 84.2 cm³/mol. The van der Waals surface area contributed by atoms with Crippen LogP contribution in [-0.2, 0) is 9.47 Å². The van der Waals surface area contributed by atoms with Crippen LogP contribution in [0.5, 0.6) is 0 Å². The van der Waals surface area contributed by atoms with Crippen molar-refractivity contribution in [3.05, 3.63) is 0 Å². The largest absolute Gasteiger partial charge is 0.379 e. The topological polar surface area (TPSA) is 33.7 Å². The van der Waals surface area contributed by atoms with Crippen molar-refractivity contribution in [1.82, 2.24) is 10.2 Å². The third-order valence-electron chi connectivity index (χ3n) is 4.14. The molecule has 1 atom stereocenters. The van der Waals surface area contributed by atoms with E-state index >= 15 is 0 Å². The minimum Gasteiger partial charge on any atom is -0.379 e. The van der Waals surface area contributed by atoms with E-state index in [9.17, 15) is 0 Å². The standard InChI is InChI=1S/C16H34N2O2/c1-14(2)12-15(18-8-10-20-11-9-18)13-17-7-6-16(3,4)19-5/h14-15,17H,6-13H2,1-5H3. The fourth-order valence-corrected chi connectivity index (χ4v) is 2.61. The molecular formula is C16H34N2O2. The summed E-state index contributed by atoms with van der Waals surface area (Å²) in [5.74, 6) is 0.736. The summed E-state index contributed by atoms with van der Waals surface area (Å²) in [6.07, 6.45) is 2.29. The van der Waals surface area contributed by atoms with Crippen LogP contribution in [0.1, 0.15) is 40.5 Å². The Balaban J connectivity index is 2.32. The normalized spacial score (nSPS) is 19.5. The summed E-state index contributed by atoms with van der Waals surface area (Å²) in [4.78, 5) is 2.58. The molecule has 0 spiro atoms. The highest BCUT2D eigenvalue weighted by atomic mass is 16.5. The van der Waals surface area contributed by atoms with Gasteiger partial charge in [-0.2, -0.15) is 0 Å². The van der Waals surface area contributed by atoms with Gasteiger partial charge in [0.15, 0.2) is 0 Å². The average molecular weight is 286 g/mol. The van der Waals surface area contributed by atoms with Gasteiger partial charge in [-0.15, -0.1) is 0 Å². The van der Waals surface area contributed by atoms with Crippen molar-refractivity contribution in [2.24, 2.45) is 5.92 Å². The molecule has 20 heavy (non-hydrogen) atoms. The second-order valence-electron chi connectivity index (χ2n) is 6.85. The number of methoxy groups -OCH3 is 1. The van der Waals surface area contributed by atoms with E-state index in [2.05, 4.69) is 37.9 Å². The molecule has 1 unspecified atom stereocenters. The highest BCUT2D eigenvalue weighted by molar-refractivity contribution is 4.78. The van der Waals surface area contributed by atoms with Crippen LogP contribution < -0.4 is 5.32 Å². The third-order valence-corrected chi connectivity index (χ3v) is 4.14. The number of hydrogen-bond acceptors (Lipinski definition) is 4. The number of rotatable bonds is 9. The summed E-state index contributed by atoms with van der Waals surface area (Å²) >= 11 is 0. The maximum absolute atomic E-state index is 5.46. The second-order valence-corrected chi connectivity index (χ2v) is 6.85. The van der Waals surface area contributed by atoms with E-state index in [-0.39, 0.29) is 5.60 Å². The van der Waals surface area contributed by atoms with Gasteiger partial charge in [0, 0.05) is 32.8 Å². The van der Waals surface area contributed by atoms with Gasteiger partial charge in [0.1, 0.15) is 0 Å². The highest BCUT2D eigenvalue weighted by Crippen LogP contribution is 2.14. The van der Waals surface area contributed by atoms with Crippen molar-refractivity contribution < 1.29 is 9.47 Å². The molecular weight excluding hydrogens is 252 g/mol. The van der Waals surface area contributed by atoms with Crippen LogP contribution in [0, 0.1) is 5.92 Å². The van der Waals surface area contributed by atoms with Gasteiger partial charge in [-0.3, -0.25) is 4.90 Å². The Morgan fingerprint density at radius 3 is 2.45 bits per heavy atom. The van der Waals surface area contributed by atoms with Crippen molar-refractivity contribution in [3.63, 3.8) is 0 Å². The number of nitrogens with one attached hydrogen (secondary N) is 1. The molecule has 1 aliphatic rings. The summed E-state index contributed by atoms with van der Waals surface area (Å²) in [5.41, 5.74) is -0.0283. The Hall–Kier alpha value is -0.160. The van der Waals surface area contributed by atoms with Crippen molar-refractivity contribution in [3.8, 4) is 0 Å².